The third-order valence-electron chi connectivity index (χ3n) is 1.95. The molecule has 0 heterocycles. The van der Waals surface area contributed by atoms with Crippen molar-refractivity contribution in [3.8, 4) is 5.75 Å². The molecule has 0 aliphatic carbocycles. The van der Waals surface area contributed by atoms with Gasteiger partial charge in [0, 0.05) is 6.08 Å². The van der Waals surface area contributed by atoms with Crippen molar-refractivity contribution in [3.63, 3.8) is 0 Å². The van der Waals surface area contributed by atoms with E-state index in [9.17, 15) is 14.7 Å². The number of carboxylic acid groups (broad SMARTS) is 1. The van der Waals surface area contributed by atoms with Gasteiger partial charge in [0.2, 0.25) is 5.91 Å². The number of ether oxygens (including phenoxy) is 1. The summed E-state index contributed by atoms with van der Waals surface area (Å²) in [5, 5.41) is 12.2. The fourth-order valence-corrected chi connectivity index (χ4v) is 1.11. The van der Waals surface area contributed by atoms with Gasteiger partial charge in [0.25, 0.3) is 0 Å². The molecule has 1 amide bonds. The first-order valence-corrected chi connectivity index (χ1v) is 4.91. The molecule has 0 aliphatic heterocycles. The first-order valence-electron chi connectivity index (χ1n) is 4.91. The van der Waals surface area contributed by atoms with E-state index in [1.54, 1.807) is 37.5 Å². The second kappa shape index (κ2) is 6.32. The van der Waals surface area contributed by atoms with Crippen molar-refractivity contribution in [2.75, 3.05) is 13.7 Å². The highest BCUT2D eigenvalue weighted by molar-refractivity contribution is 5.93. The summed E-state index contributed by atoms with van der Waals surface area (Å²) in [4.78, 5) is 21.2. The highest BCUT2D eigenvalue weighted by atomic mass is 16.5. The Morgan fingerprint density at radius 2 is 2.00 bits per heavy atom. The van der Waals surface area contributed by atoms with Crippen LogP contribution in [0, 0.1) is 0 Å². The fraction of sp³-hybridized carbons (Fsp3) is 0.167. The van der Waals surface area contributed by atoms with Crippen molar-refractivity contribution in [1.29, 1.82) is 0 Å². The Balaban J connectivity index is 2.51. The highest BCUT2D eigenvalue weighted by Gasteiger charge is 1.95. The summed E-state index contributed by atoms with van der Waals surface area (Å²) >= 11 is 0. The summed E-state index contributed by atoms with van der Waals surface area (Å²) < 4.78 is 4.98. The van der Waals surface area contributed by atoms with Crippen LogP contribution in [0.4, 0.5) is 0 Å². The maximum absolute atomic E-state index is 11.1. The molecule has 0 bridgehead atoms. The van der Waals surface area contributed by atoms with Gasteiger partial charge in [-0.05, 0) is 23.8 Å². The first-order chi connectivity index (χ1) is 8.11. The number of carboxylic acids is 1. The van der Waals surface area contributed by atoms with E-state index in [4.69, 9.17) is 4.74 Å². The minimum atomic E-state index is -1.32. The van der Waals surface area contributed by atoms with Gasteiger partial charge in [0.05, 0.1) is 19.6 Å². The zero-order valence-corrected chi connectivity index (χ0v) is 9.30. The molecule has 0 saturated heterocycles. The van der Waals surface area contributed by atoms with Crippen LogP contribution in [-0.4, -0.2) is 25.5 Å². The summed E-state index contributed by atoms with van der Waals surface area (Å²) in [7, 11) is 1.57. The SMILES string of the molecule is COc1ccc(/C=C/C(=O)NCC(=O)[O-])cc1. The maximum Gasteiger partial charge on any atom is 0.244 e. The van der Waals surface area contributed by atoms with Crippen molar-refractivity contribution in [2.45, 2.75) is 0 Å². The Morgan fingerprint density at radius 3 is 2.53 bits per heavy atom. The van der Waals surface area contributed by atoms with Crippen LogP contribution in [0.3, 0.4) is 0 Å². The second-order valence-corrected chi connectivity index (χ2v) is 3.20. The van der Waals surface area contributed by atoms with Crippen LogP contribution in [0.25, 0.3) is 6.08 Å². The van der Waals surface area contributed by atoms with E-state index in [0.29, 0.717) is 0 Å². The molecule has 0 saturated carbocycles. The molecule has 90 valence electrons. The van der Waals surface area contributed by atoms with Crippen molar-refractivity contribution in [3.05, 3.63) is 35.9 Å². The van der Waals surface area contributed by atoms with E-state index in [-0.39, 0.29) is 0 Å². The number of aliphatic carboxylic acids is 1. The number of carbonyl (C=O) groups excluding carboxylic acids is 2. The number of amides is 1. The standard InChI is InChI=1S/C12H13NO4/c1-17-10-5-2-9(3-6-10)4-7-11(14)13-8-12(15)16/h2-7H,8H2,1H3,(H,13,14)(H,15,16)/p-1/b7-4+. The van der Waals surface area contributed by atoms with Crippen LogP contribution in [0.1, 0.15) is 5.56 Å². The topological polar surface area (TPSA) is 78.5 Å². The number of hydrogen-bond donors (Lipinski definition) is 1. The second-order valence-electron chi connectivity index (χ2n) is 3.20. The number of rotatable bonds is 5. The van der Waals surface area contributed by atoms with E-state index in [1.807, 2.05) is 0 Å². The van der Waals surface area contributed by atoms with E-state index in [2.05, 4.69) is 5.32 Å². The summed E-state index contributed by atoms with van der Waals surface area (Å²) in [6, 6.07) is 7.08. The molecule has 1 rings (SSSR count). The van der Waals surface area contributed by atoms with Crippen molar-refractivity contribution >= 4 is 18.0 Å². The van der Waals surface area contributed by atoms with E-state index in [0.717, 1.165) is 11.3 Å². The minimum Gasteiger partial charge on any atom is -0.548 e. The average molecular weight is 234 g/mol. The molecule has 0 atom stereocenters. The fourth-order valence-electron chi connectivity index (χ4n) is 1.11. The third-order valence-corrected chi connectivity index (χ3v) is 1.95. The zero-order chi connectivity index (χ0) is 12.7. The predicted molar refractivity (Wildman–Crippen MR) is 60.0 cm³/mol. The molecule has 1 aromatic carbocycles. The average Bonchev–Trinajstić information content (AvgIpc) is 2.34. The molecular formula is C12H12NO4-. The van der Waals surface area contributed by atoms with Crippen LogP contribution < -0.4 is 15.2 Å². The Morgan fingerprint density at radius 1 is 1.35 bits per heavy atom. The first kappa shape index (κ1) is 12.8. The lowest BCUT2D eigenvalue weighted by atomic mass is 10.2. The molecular weight excluding hydrogens is 222 g/mol. The smallest absolute Gasteiger partial charge is 0.244 e. The van der Waals surface area contributed by atoms with Crippen LogP contribution in [0.2, 0.25) is 0 Å². The van der Waals surface area contributed by atoms with Gasteiger partial charge in [-0.15, -0.1) is 0 Å². The normalized spacial score (nSPS) is 10.2. The molecule has 0 radical (unpaired) electrons. The van der Waals surface area contributed by atoms with Crippen LogP contribution >= 0.6 is 0 Å². The Hall–Kier alpha value is -2.30. The van der Waals surface area contributed by atoms with Crippen molar-refractivity contribution < 1.29 is 19.4 Å². The lowest BCUT2D eigenvalue weighted by Gasteiger charge is -2.02. The van der Waals surface area contributed by atoms with E-state index < -0.39 is 18.4 Å². The maximum atomic E-state index is 11.1. The number of nitrogens with one attached hydrogen (secondary N) is 1. The van der Waals surface area contributed by atoms with Crippen LogP contribution in [-0.2, 0) is 9.59 Å². The molecule has 0 aromatic heterocycles. The van der Waals surface area contributed by atoms with Crippen LogP contribution in [0.5, 0.6) is 5.75 Å². The summed E-state index contributed by atoms with van der Waals surface area (Å²) in [5.74, 6) is -1.08. The zero-order valence-electron chi connectivity index (χ0n) is 9.30. The van der Waals surface area contributed by atoms with E-state index in [1.165, 1.54) is 6.08 Å². The number of benzene rings is 1. The molecule has 17 heavy (non-hydrogen) atoms. The van der Waals surface area contributed by atoms with Crippen molar-refractivity contribution in [1.82, 2.24) is 5.32 Å². The monoisotopic (exact) mass is 234 g/mol. The van der Waals surface area contributed by atoms with Gasteiger partial charge in [-0.2, -0.15) is 0 Å². The molecule has 0 unspecified atom stereocenters. The number of hydrogen-bond acceptors (Lipinski definition) is 4. The lowest BCUT2D eigenvalue weighted by Crippen LogP contribution is -2.36. The van der Waals surface area contributed by atoms with Crippen molar-refractivity contribution in [2.24, 2.45) is 0 Å². The number of carbonyl (C=O) groups is 2. The molecule has 5 heteroatoms. The molecule has 1 N–H and O–H groups in total. The number of methoxy groups -OCH3 is 1. The Bertz CT molecular complexity index is 423. The van der Waals surface area contributed by atoms with Gasteiger partial charge in [-0.1, -0.05) is 12.1 Å². The van der Waals surface area contributed by atoms with Gasteiger partial charge >= 0.3 is 0 Å². The van der Waals surface area contributed by atoms with Gasteiger partial charge in [-0.25, -0.2) is 0 Å². The largest absolute Gasteiger partial charge is 0.548 e. The van der Waals surface area contributed by atoms with Gasteiger partial charge < -0.3 is 20.0 Å². The summed E-state index contributed by atoms with van der Waals surface area (Å²) in [5.41, 5.74) is 0.814. The van der Waals surface area contributed by atoms with Crippen LogP contribution in [0.15, 0.2) is 30.3 Å². The summed E-state index contributed by atoms with van der Waals surface area (Å²) in [6.45, 7) is -0.494. The predicted octanol–water partition coefficient (Wildman–Crippen LogP) is -0.425. The Kier molecular flexibility index (Phi) is 4.75. The van der Waals surface area contributed by atoms with Gasteiger partial charge in [0.15, 0.2) is 0 Å². The quantitative estimate of drug-likeness (QED) is 0.701. The Labute approximate surface area is 98.7 Å². The third kappa shape index (κ3) is 4.83. The molecule has 5 nitrogen and oxygen atoms in total. The lowest BCUT2D eigenvalue weighted by molar-refractivity contribution is -0.303. The molecule has 1 aromatic rings. The minimum absolute atomic E-state index is 0.481. The molecule has 0 spiro atoms. The van der Waals surface area contributed by atoms with E-state index >= 15 is 0 Å². The highest BCUT2D eigenvalue weighted by Crippen LogP contribution is 2.11. The molecule has 0 fully saturated rings. The van der Waals surface area contributed by atoms with Gasteiger partial charge in [-0.3, -0.25) is 4.79 Å². The molecule has 0 aliphatic rings. The summed E-state index contributed by atoms with van der Waals surface area (Å²) in [6.07, 6.45) is 2.83. The van der Waals surface area contributed by atoms with Gasteiger partial charge in [0.1, 0.15) is 5.75 Å².